The molecule has 1 saturated heterocycles. The van der Waals surface area contributed by atoms with E-state index in [1.165, 1.54) is 22.5 Å². The zero-order valence-corrected chi connectivity index (χ0v) is 13.1. The first-order chi connectivity index (χ1) is 10.7. The third-order valence-electron chi connectivity index (χ3n) is 4.47. The molecule has 4 heteroatoms. The van der Waals surface area contributed by atoms with Crippen LogP contribution in [0, 0.1) is 0 Å². The van der Waals surface area contributed by atoms with Crippen molar-refractivity contribution in [3.05, 3.63) is 59.4 Å². The number of benzene rings is 1. The summed E-state index contributed by atoms with van der Waals surface area (Å²) in [6, 6.07) is 13.0. The van der Waals surface area contributed by atoms with Gasteiger partial charge < -0.3 is 4.90 Å². The Morgan fingerprint density at radius 1 is 1.23 bits per heavy atom. The van der Waals surface area contributed by atoms with Gasteiger partial charge in [0.05, 0.1) is 17.4 Å². The molecule has 0 saturated carbocycles. The first kappa shape index (κ1) is 13.7. The molecule has 2 aliphatic rings. The second kappa shape index (κ2) is 5.38. The normalized spacial score (nSPS) is 23.0. The molecule has 0 radical (unpaired) electrons. The fraction of sp³-hybridized carbons (Fsp3) is 0.389. The minimum Gasteiger partial charge on any atom is -0.307 e. The van der Waals surface area contributed by atoms with Gasteiger partial charge in [0.25, 0.3) is 0 Å². The van der Waals surface area contributed by atoms with Crippen LogP contribution < -0.4 is 5.06 Å². The van der Waals surface area contributed by atoms with Gasteiger partial charge in [-0.1, -0.05) is 24.3 Å². The number of hydroxylamine groups is 1. The fourth-order valence-electron chi connectivity index (χ4n) is 3.57. The highest BCUT2D eigenvalue weighted by Gasteiger charge is 2.39. The summed E-state index contributed by atoms with van der Waals surface area (Å²) in [4.78, 5) is 13.1. The van der Waals surface area contributed by atoms with Gasteiger partial charge in [-0.2, -0.15) is 0 Å². The molecule has 1 aromatic heterocycles. The van der Waals surface area contributed by atoms with E-state index in [4.69, 9.17) is 4.84 Å². The van der Waals surface area contributed by atoms with Crippen LogP contribution in [0.25, 0.3) is 0 Å². The average molecular weight is 295 g/mol. The van der Waals surface area contributed by atoms with Crippen LogP contribution in [0.3, 0.4) is 0 Å². The van der Waals surface area contributed by atoms with E-state index in [0.29, 0.717) is 0 Å². The van der Waals surface area contributed by atoms with Crippen LogP contribution in [0.15, 0.2) is 42.6 Å². The maximum absolute atomic E-state index is 6.30. The molecular weight excluding hydrogens is 274 g/mol. The van der Waals surface area contributed by atoms with E-state index in [1.54, 1.807) is 0 Å². The summed E-state index contributed by atoms with van der Waals surface area (Å²) in [5.41, 5.74) is 4.96. The molecule has 2 aromatic rings. The average Bonchev–Trinajstić information content (AvgIpc) is 2.85. The van der Waals surface area contributed by atoms with Gasteiger partial charge in [-0.3, -0.25) is 9.82 Å². The number of pyridine rings is 1. The highest BCUT2D eigenvalue weighted by Crippen LogP contribution is 2.43. The zero-order chi connectivity index (χ0) is 15.1. The Hall–Kier alpha value is -1.91. The van der Waals surface area contributed by atoms with Gasteiger partial charge in [0, 0.05) is 25.6 Å². The number of rotatable bonds is 2. The Morgan fingerprint density at radius 3 is 2.95 bits per heavy atom. The summed E-state index contributed by atoms with van der Waals surface area (Å²) in [5, 5.41) is 2.12. The monoisotopic (exact) mass is 295 g/mol. The summed E-state index contributed by atoms with van der Waals surface area (Å²) < 4.78 is 0. The number of fused-ring (bicyclic) bond motifs is 5. The first-order valence-corrected chi connectivity index (χ1v) is 7.85. The lowest BCUT2D eigenvalue weighted by molar-refractivity contribution is 0.0649. The van der Waals surface area contributed by atoms with Crippen molar-refractivity contribution >= 4 is 5.69 Å². The molecule has 1 aromatic carbocycles. The number of hydrogen-bond donors (Lipinski definition) is 0. The number of likely N-dealkylation sites (N-methyl/N-ethyl adjacent to an activating group) is 1. The smallest absolute Gasteiger partial charge is 0.101 e. The predicted octanol–water partition coefficient (Wildman–Crippen LogP) is 2.80. The van der Waals surface area contributed by atoms with E-state index < -0.39 is 0 Å². The Kier molecular flexibility index (Phi) is 3.36. The van der Waals surface area contributed by atoms with E-state index in [9.17, 15) is 0 Å². The summed E-state index contributed by atoms with van der Waals surface area (Å²) in [6.07, 6.45) is 4.00. The number of anilines is 1. The molecule has 0 spiro atoms. The van der Waals surface area contributed by atoms with Gasteiger partial charge in [-0.05, 0) is 37.4 Å². The van der Waals surface area contributed by atoms with Crippen molar-refractivity contribution in [1.82, 2.24) is 9.88 Å². The van der Waals surface area contributed by atoms with Crippen molar-refractivity contribution in [3.63, 3.8) is 0 Å². The van der Waals surface area contributed by atoms with Gasteiger partial charge in [-0.15, -0.1) is 0 Å². The summed E-state index contributed by atoms with van der Waals surface area (Å²) in [6.45, 7) is 0.935. The topological polar surface area (TPSA) is 28.6 Å². The largest absolute Gasteiger partial charge is 0.307 e. The Labute approximate surface area is 131 Å². The standard InChI is InChI=1S/C18H21N3O/c1-20(2)12-14-11-18-15-7-5-9-19-16(15)10-13-6-3-4-8-17(13)21(18)22-14/h3-9,14,18H,10-12H2,1-2H3/t14-,18-/m1/s1. The maximum Gasteiger partial charge on any atom is 0.101 e. The van der Waals surface area contributed by atoms with Crippen LogP contribution >= 0.6 is 0 Å². The zero-order valence-electron chi connectivity index (χ0n) is 13.1. The molecule has 0 unspecified atom stereocenters. The molecule has 0 bridgehead atoms. The minimum atomic E-state index is 0.221. The van der Waals surface area contributed by atoms with E-state index in [1.807, 2.05) is 12.3 Å². The quantitative estimate of drug-likeness (QED) is 0.852. The van der Waals surface area contributed by atoms with E-state index in [-0.39, 0.29) is 12.1 Å². The molecule has 0 N–H and O–H groups in total. The van der Waals surface area contributed by atoms with Gasteiger partial charge in [0.15, 0.2) is 0 Å². The van der Waals surface area contributed by atoms with Crippen molar-refractivity contribution in [3.8, 4) is 0 Å². The molecule has 4 nitrogen and oxygen atoms in total. The second-order valence-corrected chi connectivity index (χ2v) is 6.41. The number of hydrogen-bond acceptors (Lipinski definition) is 4. The van der Waals surface area contributed by atoms with Crippen LogP contribution in [-0.2, 0) is 11.3 Å². The molecule has 0 aliphatic carbocycles. The fourth-order valence-corrected chi connectivity index (χ4v) is 3.57. The van der Waals surface area contributed by atoms with Gasteiger partial charge in [0.1, 0.15) is 6.10 Å². The van der Waals surface area contributed by atoms with E-state index in [2.05, 4.69) is 59.4 Å². The molecule has 4 rings (SSSR count). The molecular formula is C18H21N3O. The van der Waals surface area contributed by atoms with Crippen LogP contribution in [0.1, 0.15) is 29.3 Å². The Morgan fingerprint density at radius 2 is 2.09 bits per heavy atom. The van der Waals surface area contributed by atoms with Crippen LogP contribution in [0.5, 0.6) is 0 Å². The van der Waals surface area contributed by atoms with Crippen molar-refractivity contribution in [2.24, 2.45) is 0 Å². The molecule has 3 heterocycles. The summed E-state index contributed by atoms with van der Waals surface area (Å²) >= 11 is 0. The Bertz CT molecular complexity index is 632. The maximum atomic E-state index is 6.30. The van der Waals surface area contributed by atoms with Crippen molar-refractivity contribution in [2.75, 3.05) is 25.7 Å². The molecule has 0 amide bonds. The predicted molar refractivity (Wildman–Crippen MR) is 86.7 cm³/mol. The molecule has 1 fully saturated rings. The van der Waals surface area contributed by atoms with Crippen LogP contribution in [0.4, 0.5) is 5.69 Å². The number of para-hydroxylation sites is 1. The molecule has 2 atom stereocenters. The van der Waals surface area contributed by atoms with Crippen molar-refractivity contribution in [1.29, 1.82) is 0 Å². The SMILES string of the molecule is CN(C)C[C@H]1C[C@@H]2c3cccnc3Cc3ccccc3N2O1. The van der Waals surface area contributed by atoms with Crippen molar-refractivity contribution < 1.29 is 4.84 Å². The minimum absolute atomic E-state index is 0.221. The highest BCUT2D eigenvalue weighted by molar-refractivity contribution is 5.58. The Balaban J connectivity index is 1.79. The van der Waals surface area contributed by atoms with E-state index in [0.717, 1.165) is 19.4 Å². The van der Waals surface area contributed by atoms with Crippen LogP contribution in [0.2, 0.25) is 0 Å². The van der Waals surface area contributed by atoms with Gasteiger partial charge in [0.2, 0.25) is 0 Å². The summed E-state index contributed by atoms with van der Waals surface area (Å²) in [5.74, 6) is 0. The summed E-state index contributed by atoms with van der Waals surface area (Å²) in [7, 11) is 4.19. The third-order valence-corrected chi connectivity index (χ3v) is 4.47. The highest BCUT2D eigenvalue weighted by atomic mass is 16.7. The van der Waals surface area contributed by atoms with E-state index >= 15 is 0 Å². The second-order valence-electron chi connectivity index (χ2n) is 6.41. The van der Waals surface area contributed by atoms with Crippen LogP contribution in [-0.4, -0.2) is 36.6 Å². The first-order valence-electron chi connectivity index (χ1n) is 7.85. The number of nitrogens with zero attached hydrogens (tertiary/aromatic N) is 3. The molecule has 114 valence electrons. The molecule has 22 heavy (non-hydrogen) atoms. The van der Waals surface area contributed by atoms with Crippen molar-refractivity contribution in [2.45, 2.75) is 25.0 Å². The van der Waals surface area contributed by atoms with Gasteiger partial charge >= 0.3 is 0 Å². The van der Waals surface area contributed by atoms with Gasteiger partial charge in [-0.25, -0.2) is 5.06 Å². The lowest BCUT2D eigenvalue weighted by Gasteiger charge is -2.25. The number of aromatic nitrogens is 1. The third kappa shape index (κ3) is 2.28. The lowest BCUT2D eigenvalue weighted by atomic mass is 9.99. The lowest BCUT2D eigenvalue weighted by Crippen LogP contribution is -2.27. The molecule has 2 aliphatic heterocycles.